The fraction of sp³-hybridized carbons (Fsp3) is 0.241. The van der Waals surface area contributed by atoms with E-state index < -0.39 is 28.6 Å². The fourth-order valence-corrected chi connectivity index (χ4v) is 4.86. The van der Waals surface area contributed by atoms with Crippen molar-refractivity contribution in [2.75, 3.05) is 33.4 Å². The predicted molar refractivity (Wildman–Crippen MR) is 141 cm³/mol. The topological polar surface area (TPSA) is 150 Å². The van der Waals surface area contributed by atoms with Gasteiger partial charge in [-0.15, -0.1) is 0 Å². The maximum Gasteiger partial charge on any atom is 0.223 e. The number of benzene rings is 3. The van der Waals surface area contributed by atoms with E-state index >= 15 is 0 Å². The van der Waals surface area contributed by atoms with E-state index in [4.69, 9.17) is 13.9 Å². The number of phenols is 4. The molecule has 1 aliphatic heterocycles. The van der Waals surface area contributed by atoms with E-state index in [2.05, 4.69) is 0 Å². The molecule has 4 N–H and O–H groups in total. The van der Waals surface area contributed by atoms with Crippen LogP contribution in [0.15, 0.2) is 63.8 Å². The molecule has 1 saturated heterocycles. The molecule has 10 nitrogen and oxygen atoms in total. The molecule has 1 unspecified atom stereocenters. The molecule has 0 radical (unpaired) electrons. The number of ether oxygens (including phenoxy) is 2. The third-order valence-corrected chi connectivity index (χ3v) is 6.89. The summed E-state index contributed by atoms with van der Waals surface area (Å²) in [5.74, 6) is -3.57. The van der Waals surface area contributed by atoms with E-state index in [1.165, 1.54) is 25.3 Å². The van der Waals surface area contributed by atoms with Gasteiger partial charge in [-0.05, 0) is 17.7 Å². The largest absolute Gasteiger partial charge is 0.504 e. The quantitative estimate of drug-likeness (QED) is 0.272. The molecule has 39 heavy (non-hydrogen) atoms. The number of carbonyl (C=O) groups excluding carboxylic acids is 1. The Morgan fingerprint density at radius 1 is 0.974 bits per heavy atom. The van der Waals surface area contributed by atoms with Gasteiger partial charge in [0.2, 0.25) is 11.7 Å². The average Bonchev–Trinajstić information content (AvgIpc) is 2.96. The minimum atomic E-state index is -0.974. The van der Waals surface area contributed by atoms with Crippen molar-refractivity contribution in [3.8, 4) is 40.1 Å². The summed E-state index contributed by atoms with van der Waals surface area (Å²) in [7, 11) is 1.37. The van der Waals surface area contributed by atoms with Crippen LogP contribution in [0.4, 0.5) is 0 Å². The van der Waals surface area contributed by atoms with Crippen molar-refractivity contribution in [1.29, 1.82) is 0 Å². The van der Waals surface area contributed by atoms with E-state index in [1.807, 2.05) is 0 Å². The zero-order chi connectivity index (χ0) is 27.7. The first kappa shape index (κ1) is 25.9. The lowest BCUT2D eigenvalue weighted by molar-refractivity contribution is -0.135. The Balaban J connectivity index is 1.78. The van der Waals surface area contributed by atoms with Crippen LogP contribution in [0.2, 0.25) is 0 Å². The SMILES string of the molecule is COc1cc(C(CC(=O)N2CCOCC2)c2c(O)c(O)c(O)c3c(=O)cc(-c4ccccc4)oc23)ccc1O. The highest BCUT2D eigenvalue weighted by molar-refractivity contribution is 5.94. The van der Waals surface area contributed by atoms with Crippen LogP contribution in [-0.4, -0.2) is 64.6 Å². The second-order valence-electron chi connectivity index (χ2n) is 9.19. The Labute approximate surface area is 222 Å². The molecule has 202 valence electrons. The number of carbonyl (C=O) groups is 1. The van der Waals surface area contributed by atoms with E-state index in [0.29, 0.717) is 37.4 Å². The summed E-state index contributed by atoms with van der Waals surface area (Å²) in [5.41, 5.74) is 0.110. The Morgan fingerprint density at radius 3 is 2.38 bits per heavy atom. The number of aromatic hydroxyl groups is 4. The van der Waals surface area contributed by atoms with Gasteiger partial charge < -0.3 is 39.2 Å². The zero-order valence-electron chi connectivity index (χ0n) is 21.1. The van der Waals surface area contributed by atoms with E-state index in [9.17, 15) is 30.0 Å². The van der Waals surface area contributed by atoms with Crippen molar-refractivity contribution in [1.82, 2.24) is 4.90 Å². The molecular weight excluding hydrogens is 506 g/mol. The van der Waals surface area contributed by atoms with Crippen molar-refractivity contribution in [2.24, 2.45) is 0 Å². The molecule has 4 aromatic rings. The lowest BCUT2D eigenvalue weighted by atomic mass is 9.85. The Bertz CT molecular complexity index is 1590. The van der Waals surface area contributed by atoms with Gasteiger partial charge in [0.05, 0.1) is 20.3 Å². The number of methoxy groups -OCH3 is 1. The third kappa shape index (κ3) is 4.82. The number of phenolic OH excluding ortho intramolecular Hbond substituents is 4. The average molecular weight is 534 g/mol. The minimum absolute atomic E-state index is 0.0652. The smallest absolute Gasteiger partial charge is 0.223 e. The van der Waals surface area contributed by atoms with E-state index in [0.717, 1.165) is 0 Å². The zero-order valence-corrected chi connectivity index (χ0v) is 21.1. The number of hydrogen-bond donors (Lipinski definition) is 4. The van der Waals surface area contributed by atoms with Crippen molar-refractivity contribution >= 4 is 16.9 Å². The first-order valence-corrected chi connectivity index (χ1v) is 12.3. The number of fused-ring (bicyclic) bond motifs is 1. The van der Waals surface area contributed by atoms with E-state index in [1.54, 1.807) is 41.3 Å². The van der Waals surface area contributed by atoms with Gasteiger partial charge in [0.25, 0.3) is 0 Å². The highest BCUT2D eigenvalue weighted by Gasteiger charge is 2.32. The number of hydrogen-bond acceptors (Lipinski definition) is 9. The summed E-state index contributed by atoms with van der Waals surface area (Å²) in [4.78, 5) is 28.3. The highest BCUT2D eigenvalue weighted by atomic mass is 16.5. The van der Waals surface area contributed by atoms with Gasteiger partial charge in [0.15, 0.2) is 28.4 Å². The first-order chi connectivity index (χ1) is 18.8. The minimum Gasteiger partial charge on any atom is -0.504 e. The second kappa shape index (κ2) is 10.6. The second-order valence-corrected chi connectivity index (χ2v) is 9.19. The molecule has 2 heterocycles. The summed E-state index contributed by atoms with van der Waals surface area (Å²) < 4.78 is 16.7. The van der Waals surface area contributed by atoms with Crippen LogP contribution in [0.5, 0.6) is 28.7 Å². The molecule has 10 heteroatoms. The van der Waals surface area contributed by atoms with Gasteiger partial charge in [0, 0.05) is 42.6 Å². The van der Waals surface area contributed by atoms with Gasteiger partial charge in [-0.2, -0.15) is 0 Å². The number of amides is 1. The maximum atomic E-state index is 13.4. The highest BCUT2D eigenvalue weighted by Crippen LogP contribution is 2.50. The summed E-state index contributed by atoms with van der Waals surface area (Å²) in [6.07, 6.45) is -0.194. The van der Waals surface area contributed by atoms with Gasteiger partial charge >= 0.3 is 0 Å². The van der Waals surface area contributed by atoms with Gasteiger partial charge in [-0.3, -0.25) is 9.59 Å². The molecule has 0 aliphatic carbocycles. The molecule has 0 bridgehead atoms. The van der Waals surface area contributed by atoms with Crippen LogP contribution >= 0.6 is 0 Å². The Kier molecular flexibility index (Phi) is 7.03. The van der Waals surface area contributed by atoms with E-state index in [-0.39, 0.29) is 46.1 Å². The van der Waals surface area contributed by atoms with Crippen molar-refractivity contribution in [2.45, 2.75) is 12.3 Å². The van der Waals surface area contributed by atoms with Gasteiger partial charge in [-0.25, -0.2) is 0 Å². The van der Waals surface area contributed by atoms with Crippen LogP contribution < -0.4 is 10.2 Å². The third-order valence-electron chi connectivity index (χ3n) is 6.89. The van der Waals surface area contributed by atoms with Crippen molar-refractivity contribution in [3.63, 3.8) is 0 Å². The van der Waals surface area contributed by atoms with Crippen molar-refractivity contribution in [3.05, 3.63) is 75.9 Å². The number of morpholine rings is 1. The number of nitrogens with zero attached hydrogens (tertiary/aromatic N) is 1. The lowest BCUT2D eigenvalue weighted by Gasteiger charge is -2.29. The van der Waals surface area contributed by atoms with Crippen molar-refractivity contribution < 1.29 is 39.1 Å². The number of rotatable bonds is 6. The normalized spacial score (nSPS) is 14.3. The Hall–Kier alpha value is -4.70. The lowest BCUT2D eigenvalue weighted by Crippen LogP contribution is -2.41. The van der Waals surface area contributed by atoms with Gasteiger partial charge in [0.1, 0.15) is 16.7 Å². The maximum absolute atomic E-state index is 13.4. The first-order valence-electron chi connectivity index (χ1n) is 12.3. The van der Waals surface area contributed by atoms with Crippen LogP contribution in [0.3, 0.4) is 0 Å². The van der Waals surface area contributed by atoms with Crippen LogP contribution in [-0.2, 0) is 9.53 Å². The molecule has 1 fully saturated rings. The molecule has 1 amide bonds. The molecule has 3 aromatic carbocycles. The molecule has 1 atom stereocenters. The molecular formula is C29H27NO9. The summed E-state index contributed by atoms with van der Waals surface area (Å²) in [6, 6.07) is 14.4. The fourth-order valence-electron chi connectivity index (χ4n) is 4.86. The molecule has 0 saturated carbocycles. The van der Waals surface area contributed by atoms with Gasteiger partial charge in [-0.1, -0.05) is 36.4 Å². The summed E-state index contributed by atoms with van der Waals surface area (Å²) in [5, 5.41) is 42.3. The molecule has 5 rings (SSSR count). The predicted octanol–water partition coefficient (Wildman–Crippen LogP) is 3.67. The summed E-state index contributed by atoms with van der Waals surface area (Å²) >= 11 is 0. The van der Waals surface area contributed by atoms with Crippen LogP contribution in [0, 0.1) is 0 Å². The standard InChI is InChI=1S/C29H27NO9/c1-37-22-13-17(7-8-19(22)31)18(14-23(33)30-9-11-38-12-10-30)24-26(34)28(36)27(35)25-20(32)15-21(39-29(24)25)16-5-3-2-4-6-16/h2-8,13,15,18,31,34-36H,9-12,14H2,1H3. The van der Waals surface area contributed by atoms with Crippen LogP contribution in [0.25, 0.3) is 22.3 Å². The monoisotopic (exact) mass is 533 g/mol. The molecule has 0 spiro atoms. The Morgan fingerprint density at radius 2 is 1.69 bits per heavy atom. The molecule has 1 aromatic heterocycles. The summed E-state index contributed by atoms with van der Waals surface area (Å²) in [6.45, 7) is 1.52. The van der Waals surface area contributed by atoms with Crippen LogP contribution in [0.1, 0.15) is 23.5 Å². The molecule has 1 aliphatic rings.